The second-order valence-corrected chi connectivity index (χ2v) is 6.63. The number of nitrogens with zero attached hydrogens (tertiary/aromatic N) is 2. The van der Waals surface area contributed by atoms with E-state index in [4.69, 9.17) is 0 Å². The molecule has 8 nitrogen and oxygen atoms in total. The number of hydrogen-bond acceptors (Lipinski definition) is 4. The summed E-state index contributed by atoms with van der Waals surface area (Å²) in [5, 5.41) is 10.0. The molecule has 0 aliphatic carbocycles. The minimum absolute atomic E-state index is 0.0203. The number of aryl methyl sites for hydroxylation is 2. The zero-order valence-corrected chi connectivity index (χ0v) is 16.1. The van der Waals surface area contributed by atoms with Crippen LogP contribution in [-0.4, -0.2) is 39.7 Å². The van der Waals surface area contributed by atoms with E-state index in [1.165, 1.54) is 6.20 Å². The molecule has 3 aromatic rings. The third-order valence-corrected chi connectivity index (χ3v) is 4.80. The molecule has 2 heterocycles. The summed E-state index contributed by atoms with van der Waals surface area (Å²) in [4.78, 5) is 39.6. The molecule has 3 N–H and O–H groups in total. The maximum absolute atomic E-state index is 12.4. The molecule has 1 aromatic carbocycles. The van der Waals surface area contributed by atoms with Gasteiger partial charge in [0, 0.05) is 36.4 Å². The molecule has 0 aliphatic rings. The molecule has 0 unspecified atom stereocenters. The van der Waals surface area contributed by atoms with Crippen LogP contribution in [0.3, 0.4) is 0 Å². The van der Waals surface area contributed by atoms with Gasteiger partial charge in [0.2, 0.25) is 11.3 Å². The van der Waals surface area contributed by atoms with Gasteiger partial charge in [-0.2, -0.15) is 5.10 Å². The van der Waals surface area contributed by atoms with Gasteiger partial charge in [-0.05, 0) is 38.0 Å². The Hall–Kier alpha value is -3.42. The smallest absolute Gasteiger partial charge is 0.257 e. The Morgan fingerprint density at radius 1 is 1.18 bits per heavy atom. The van der Waals surface area contributed by atoms with Crippen LogP contribution in [0.2, 0.25) is 0 Å². The van der Waals surface area contributed by atoms with Crippen molar-refractivity contribution >= 4 is 22.7 Å². The molecule has 0 spiro atoms. The molecule has 0 saturated heterocycles. The first-order valence-corrected chi connectivity index (χ1v) is 9.03. The molecule has 146 valence electrons. The summed E-state index contributed by atoms with van der Waals surface area (Å²) in [6.45, 7) is 4.17. The molecular weight excluding hydrogens is 358 g/mol. The SMILES string of the molecule is Cc1nn(C)c(C)c1CCNC(=O)CNC(=O)c1c[nH]c2ccccc2c1=O. The number of amides is 2. The van der Waals surface area contributed by atoms with Crippen LogP contribution < -0.4 is 16.1 Å². The average Bonchev–Trinajstić information content (AvgIpc) is 2.92. The summed E-state index contributed by atoms with van der Waals surface area (Å²) in [7, 11) is 1.88. The van der Waals surface area contributed by atoms with E-state index in [1.807, 2.05) is 25.6 Å². The molecule has 3 rings (SSSR count). The van der Waals surface area contributed by atoms with E-state index in [0.29, 0.717) is 23.9 Å². The van der Waals surface area contributed by atoms with Gasteiger partial charge in [-0.1, -0.05) is 12.1 Å². The fraction of sp³-hybridized carbons (Fsp3) is 0.300. The minimum atomic E-state index is -0.582. The zero-order valence-electron chi connectivity index (χ0n) is 16.1. The molecule has 0 atom stereocenters. The number of benzene rings is 1. The van der Waals surface area contributed by atoms with Crippen molar-refractivity contribution in [1.29, 1.82) is 0 Å². The van der Waals surface area contributed by atoms with Gasteiger partial charge in [-0.15, -0.1) is 0 Å². The van der Waals surface area contributed by atoms with E-state index < -0.39 is 5.91 Å². The Morgan fingerprint density at radius 2 is 1.93 bits per heavy atom. The van der Waals surface area contributed by atoms with Crippen molar-refractivity contribution in [2.75, 3.05) is 13.1 Å². The topological polar surface area (TPSA) is 109 Å². The fourth-order valence-corrected chi connectivity index (χ4v) is 3.16. The maximum Gasteiger partial charge on any atom is 0.257 e. The number of aromatic amines is 1. The van der Waals surface area contributed by atoms with Crippen LogP contribution in [0.15, 0.2) is 35.3 Å². The highest BCUT2D eigenvalue weighted by Gasteiger charge is 2.14. The monoisotopic (exact) mass is 381 g/mol. The van der Waals surface area contributed by atoms with Gasteiger partial charge in [-0.3, -0.25) is 19.1 Å². The number of aromatic nitrogens is 3. The van der Waals surface area contributed by atoms with Crippen molar-refractivity contribution in [3.05, 3.63) is 63.2 Å². The van der Waals surface area contributed by atoms with E-state index in [0.717, 1.165) is 17.0 Å². The van der Waals surface area contributed by atoms with Crippen LogP contribution >= 0.6 is 0 Å². The van der Waals surface area contributed by atoms with E-state index in [1.54, 1.807) is 24.3 Å². The molecule has 2 aromatic heterocycles. The summed E-state index contributed by atoms with van der Waals surface area (Å²) in [6.07, 6.45) is 2.03. The van der Waals surface area contributed by atoms with Crippen molar-refractivity contribution in [2.45, 2.75) is 20.3 Å². The van der Waals surface area contributed by atoms with Gasteiger partial charge in [0.05, 0.1) is 12.2 Å². The standard InChI is InChI=1S/C20H23N5O3/c1-12-14(13(2)25(3)24-12)8-9-21-18(26)11-23-20(28)16-10-22-17-7-5-4-6-15(17)19(16)27/h4-7,10H,8-9,11H2,1-3H3,(H,21,26)(H,22,27)(H,23,28). The lowest BCUT2D eigenvalue weighted by Gasteiger charge is -2.08. The van der Waals surface area contributed by atoms with Gasteiger partial charge < -0.3 is 15.6 Å². The number of fused-ring (bicyclic) bond motifs is 1. The van der Waals surface area contributed by atoms with Crippen molar-refractivity contribution in [2.24, 2.45) is 7.05 Å². The third-order valence-electron chi connectivity index (χ3n) is 4.80. The van der Waals surface area contributed by atoms with Crippen molar-refractivity contribution < 1.29 is 9.59 Å². The average molecular weight is 381 g/mol. The Morgan fingerprint density at radius 3 is 2.64 bits per heavy atom. The minimum Gasteiger partial charge on any atom is -0.360 e. The predicted octanol–water partition coefficient (Wildman–Crippen LogP) is 0.967. The highest BCUT2D eigenvalue weighted by molar-refractivity contribution is 5.98. The lowest BCUT2D eigenvalue weighted by molar-refractivity contribution is -0.120. The number of hydrogen-bond donors (Lipinski definition) is 3. The summed E-state index contributed by atoms with van der Waals surface area (Å²) in [5.74, 6) is -0.897. The number of para-hydroxylation sites is 1. The number of carbonyl (C=O) groups is 2. The first-order chi connectivity index (χ1) is 13.4. The van der Waals surface area contributed by atoms with Crippen LogP contribution in [0, 0.1) is 13.8 Å². The summed E-state index contributed by atoms with van der Waals surface area (Å²) in [6, 6.07) is 6.95. The quantitative estimate of drug-likeness (QED) is 0.591. The molecule has 0 bridgehead atoms. The Kier molecular flexibility index (Phi) is 5.58. The van der Waals surface area contributed by atoms with Crippen molar-refractivity contribution in [1.82, 2.24) is 25.4 Å². The van der Waals surface area contributed by atoms with Crippen LogP contribution in [0.5, 0.6) is 0 Å². The number of H-pyrrole nitrogens is 1. The highest BCUT2D eigenvalue weighted by atomic mass is 16.2. The normalized spacial score (nSPS) is 10.8. The molecule has 28 heavy (non-hydrogen) atoms. The Bertz CT molecular complexity index is 1100. The molecule has 0 fully saturated rings. The summed E-state index contributed by atoms with van der Waals surface area (Å²) >= 11 is 0. The lowest BCUT2D eigenvalue weighted by Crippen LogP contribution is -2.39. The summed E-state index contributed by atoms with van der Waals surface area (Å²) < 4.78 is 1.81. The van der Waals surface area contributed by atoms with E-state index in [9.17, 15) is 14.4 Å². The maximum atomic E-state index is 12.4. The Labute approximate surface area is 162 Å². The van der Waals surface area contributed by atoms with Gasteiger partial charge in [-0.25, -0.2) is 0 Å². The van der Waals surface area contributed by atoms with Gasteiger partial charge in [0.15, 0.2) is 0 Å². The van der Waals surface area contributed by atoms with Gasteiger partial charge >= 0.3 is 0 Å². The number of nitrogens with one attached hydrogen (secondary N) is 3. The van der Waals surface area contributed by atoms with Gasteiger partial charge in [0.25, 0.3) is 5.91 Å². The van der Waals surface area contributed by atoms with Crippen LogP contribution in [0.4, 0.5) is 0 Å². The third kappa shape index (κ3) is 3.95. The summed E-state index contributed by atoms with van der Waals surface area (Å²) in [5.41, 5.74) is 3.38. The first kappa shape index (κ1) is 19.3. The molecular formula is C20H23N5O3. The van der Waals surface area contributed by atoms with Crippen LogP contribution in [-0.2, 0) is 18.3 Å². The molecule has 2 amide bonds. The Balaban J connectivity index is 1.54. The molecule has 0 aliphatic heterocycles. The van der Waals surface area contributed by atoms with Crippen LogP contribution in [0.1, 0.15) is 27.3 Å². The second kappa shape index (κ2) is 8.08. The number of rotatable bonds is 6. The van der Waals surface area contributed by atoms with Crippen molar-refractivity contribution in [3.63, 3.8) is 0 Å². The van der Waals surface area contributed by atoms with Gasteiger partial charge in [0.1, 0.15) is 5.56 Å². The highest BCUT2D eigenvalue weighted by Crippen LogP contribution is 2.11. The zero-order chi connectivity index (χ0) is 20.3. The van der Waals surface area contributed by atoms with E-state index >= 15 is 0 Å². The fourth-order valence-electron chi connectivity index (χ4n) is 3.16. The largest absolute Gasteiger partial charge is 0.360 e. The molecule has 8 heteroatoms. The molecule has 0 radical (unpaired) electrons. The second-order valence-electron chi connectivity index (χ2n) is 6.63. The first-order valence-electron chi connectivity index (χ1n) is 9.03. The van der Waals surface area contributed by atoms with E-state index in [-0.39, 0.29) is 23.4 Å². The number of carbonyl (C=O) groups excluding carboxylic acids is 2. The van der Waals surface area contributed by atoms with Crippen molar-refractivity contribution in [3.8, 4) is 0 Å². The predicted molar refractivity (Wildman–Crippen MR) is 106 cm³/mol. The number of pyridine rings is 1. The molecule has 0 saturated carbocycles. The van der Waals surface area contributed by atoms with E-state index in [2.05, 4.69) is 20.7 Å². The van der Waals surface area contributed by atoms with Crippen LogP contribution in [0.25, 0.3) is 10.9 Å². The lowest BCUT2D eigenvalue weighted by atomic mass is 10.1.